The van der Waals surface area contributed by atoms with E-state index in [0.29, 0.717) is 11.3 Å². The monoisotopic (exact) mass is 251 g/mol. The van der Waals surface area contributed by atoms with Gasteiger partial charge >= 0.3 is 0 Å². The molecule has 1 aliphatic rings. The number of hydrogen-bond donors (Lipinski definition) is 0. The average Bonchev–Trinajstić information content (AvgIpc) is 3.18. The topological polar surface area (TPSA) is 12.4 Å². The Bertz CT molecular complexity index is 293. The summed E-state index contributed by atoms with van der Waals surface area (Å²) in [6.07, 6.45) is 5.99. The standard InChI is InChI=1S/C15H27N.C2H6/c1-7-12(4)10-16-14(6)13(5)15(8-9-15)11(2)3;1-2/h10-12H,7-9H2,1-6H3;1-2H3/b14-13+,16-10?;. The Labute approximate surface area is 115 Å². The lowest BCUT2D eigenvalue weighted by Gasteiger charge is -2.21. The molecule has 0 aromatic rings. The summed E-state index contributed by atoms with van der Waals surface area (Å²) >= 11 is 0. The van der Waals surface area contributed by atoms with Gasteiger partial charge in [0, 0.05) is 11.9 Å². The molecule has 0 heterocycles. The van der Waals surface area contributed by atoms with Crippen LogP contribution in [0.5, 0.6) is 0 Å². The lowest BCUT2D eigenvalue weighted by Crippen LogP contribution is -2.12. The fourth-order valence-electron chi connectivity index (χ4n) is 2.32. The largest absolute Gasteiger partial charge is 0.266 e. The van der Waals surface area contributed by atoms with Gasteiger partial charge in [-0.25, -0.2) is 0 Å². The van der Waals surface area contributed by atoms with E-state index in [1.165, 1.54) is 30.5 Å². The molecule has 0 aliphatic heterocycles. The average molecular weight is 251 g/mol. The highest BCUT2D eigenvalue weighted by Crippen LogP contribution is 2.58. The first-order chi connectivity index (χ1) is 8.44. The highest BCUT2D eigenvalue weighted by atomic mass is 14.7. The van der Waals surface area contributed by atoms with Crippen molar-refractivity contribution >= 4 is 6.21 Å². The zero-order valence-corrected chi connectivity index (χ0v) is 13.8. The van der Waals surface area contributed by atoms with Crippen molar-refractivity contribution in [3.8, 4) is 0 Å². The van der Waals surface area contributed by atoms with Crippen LogP contribution in [-0.2, 0) is 0 Å². The molecule has 1 atom stereocenters. The molecule has 1 unspecified atom stereocenters. The third-order valence-electron chi connectivity index (χ3n) is 4.35. The molecule has 1 nitrogen and oxygen atoms in total. The number of hydrogen-bond acceptors (Lipinski definition) is 1. The van der Waals surface area contributed by atoms with Crippen LogP contribution in [-0.4, -0.2) is 6.21 Å². The second-order valence-corrected chi connectivity index (χ2v) is 5.68. The Morgan fingerprint density at radius 2 is 1.67 bits per heavy atom. The molecule has 0 radical (unpaired) electrons. The molecule has 1 rings (SSSR count). The van der Waals surface area contributed by atoms with Gasteiger partial charge in [-0.1, -0.05) is 41.5 Å². The van der Waals surface area contributed by atoms with Gasteiger partial charge in [-0.3, -0.25) is 4.99 Å². The highest BCUT2D eigenvalue weighted by Gasteiger charge is 2.47. The maximum Gasteiger partial charge on any atom is 0.0363 e. The van der Waals surface area contributed by atoms with Gasteiger partial charge in [0.25, 0.3) is 0 Å². The zero-order valence-electron chi connectivity index (χ0n) is 13.8. The van der Waals surface area contributed by atoms with Crippen molar-refractivity contribution in [2.24, 2.45) is 22.2 Å². The van der Waals surface area contributed by atoms with Crippen LogP contribution >= 0.6 is 0 Å². The summed E-state index contributed by atoms with van der Waals surface area (Å²) in [5, 5.41) is 0. The predicted molar refractivity (Wildman–Crippen MR) is 84.2 cm³/mol. The van der Waals surface area contributed by atoms with Crippen molar-refractivity contribution in [1.82, 2.24) is 0 Å². The van der Waals surface area contributed by atoms with E-state index in [2.05, 4.69) is 52.7 Å². The minimum atomic E-state index is 0.483. The summed E-state index contributed by atoms with van der Waals surface area (Å²) in [5.74, 6) is 1.35. The van der Waals surface area contributed by atoms with Gasteiger partial charge in [-0.2, -0.15) is 0 Å². The lowest BCUT2D eigenvalue weighted by atomic mass is 9.84. The van der Waals surface area contributed by atoms with E-state index >= 15 is 0 Å². The first kappa shape index (κ1) is 17.4. The third-order valence-corrected chi connectivity index (χ3v) is 4.35. The Kier molecular flexibility index (Phi) is 7.51. The van der Waals surface area contributed by atoms with Crippen LogP contribution in [0.1, 0.15) is 74.7 Å². The Hall–Kier alpha value is -0.590. The SMILES string of the molecule is CC.CCC(C)C=N/C(C)=C(\C)C1(C(C)C)CC1. The minimum Gasteiger partial charge on any atom is -0.266 e. The molecule has 1 aliphatic carbocycles. The molecular formula is C17H33N. The third kappa shape index (κ3) is 4.26. The van der Waals surface area contributed by atoms with E-state index < -0.39 is 0 Å². The molecule has 0 spiro atoms. The van der Waals surface area contributed by atoms with Crippen LogP contribution in [0.4, 0.5) is 0 Å². The van der Waals surface area contributed by atoms with E-state index in [-0.39, 0.29) is 0 Å². The molecule has 1 fully saturated rings. The van der Waals surface area contributed by atoms with Gasteiger partial charge in [0.05, 0.1) is 0 Å². The molecule has 1 heteroatoms. The molecule has 0 amide bonds. The maximum atomic E-state index is 4.64. The summed E-state index contributed by atoms with van der Waals surface area (Å²) in [6.45, 7) is 17.5. The van der Waals surface area contributed by atoms with Crippen molar-refractivity contribution in [2.75, 3.05) is 0 Å². The number of nitrogens with zero attached hydrogens (tertiary/aromatic N) is 1. The summed E-state index contributed by atoms with van der Waals surface area (Å²) in [6, 6.07) is 0. The van der Waals surface area contributed by atoms with Crippen molar-refractivity contribution in [3.63, 3.8) is 0 Å². The van der Waals surface area contributed by atoms with Gasteiger partial charge < -0.3 is 0 Å². The molecule has 0 saturated heterocycles. The Morgan fingerprint density at radius 1 is 1.17 bits per heavy atom. The van der Waals surface area contributed by atoms with Crippen LogP contribution in [0.15, 0.2) is 16.3 Å². The second kappa shape index (κ2) is 7.76. The lowest BCUT2D eigenvalue weighted by molar-refractivity contribution is 0.419. The van der Waals surface area contributed by atoms with E-state index in [1.54, 1.807) is 0 Å². The van der Waals surface area contributed by atoms with Crippen LogP contribution < -0.4 is 0 Å². The first-order valence-electron chi connectivity index (χ1n) is 7.66. The highest BCUT2D eigenvalue weighted by molar-refractivity contribution is 5.61. The number of allylic oxidation sites excluding steroid dienone is 2. The van der Waals surface area contributed by atoms with Gasteiger partial charge in [0.15, 0.2) is 0 Å². The van der Waals surface area contributed by atoms with E-state index in [1.807, 2.05) is 13.8 Å². The van der Waals surface area contributed by atoms with E-state index in [9.17, 15) is 0 Å². The summed E-state index contributed by atoms with van der Waals surface area (Å²) in [4.78, 5) is 4.64. The smallest absolute Gasteiger partial charge is 0.0363 e. The number of aliphatic imine (C=N–C) groups is 1. The van der Waals surface area contributed by atoms with Crippen LogP contribution in [0.25, 0.3) is 0 Å². The second-order valence-electron chi connectivity index (χ2n) is 5.68. The van der Waals surface area contributed by atoms with Crippen molar-refractivity contribution in [3.05, 3.63) is 11.3 Å². The van der Waals surface area contributed by atoms with Gasteiger partial charge in [0.2, 0.25) is 0 Å². The van der Waals surface area contributed by atoms with Gasteiger partial charge in [0.1, 0.15) is 0 Å². The van der Waals surface area contributed by atoms with Crippen molar-refractivity contribution < 1.29 is 0 Å². The molecular weight excluding hydrogens is 218 g/mol. The van der Waals surface area contributed by atoms with Crippen LogP contribution in [0, 0.1) is 17.3 Å². The molecule has 106 valence electrons. The zero-order chi connectivity index (χ0) is 14.3. The summed E-state index contributed by atoms with van der Waals surface area (Å²) < 4.78 is 0. The quantitative estimate of drug-likeness (QED) is 0.543. The van der Waals surface area contributed by atoms with Crippen LogP contribution in [0.3, 0.4) is 0 Å². The molecule has 1 saturated carbocycles. The van der Waals surface area contributed by atoms with Gasteiger partial charge in [-0.05, 0) is 55.9 Å². The summed E-state index contributed by atoms with van der Waals surface area (Å²) in [5.41, 5.74) is 3.24. The fourth-order valence-corrected chi connectivity index (χ4v) is 2.32. The molecule has 0 aromatic heterocycles. The maximum absolute atomic E-state index is 4.64. The van der Waals surface area contributed by atoms with Crippen molar-refractivity contribution in [2.45, 2.75) is 74.7 Å². The van der Waals surface area contributed by atoms with Crippen LogP contribution in [0.2, 0.25) is 0 Å². The Balaban J connectivity index is 0.00000137. The molecule has 0 aromatic carbocycles. The fraction of sp³-hybridized carbons (Fsp3) is 0.824. The number of rotatable bonds is 5. The van der Waals surface area contributed by atoms with E-state index in [0.717, 1.165) is 5.92 Å². The minimum absolute atomic E-state index is 0.483. The van der Waals surface area contributed by atoms with E-state index in [4.69, 9.17) is 0 Å². The molecule has 0 bridgehead atoms. The summed E-state index contributed by atoms with van der Waals surface area (Å²) in [7, 11) is 0. The Morgan fingerprint density at radius 3 is 2.00 bits per heavy atom. The molecule has 18 heavy (non-hydrogen) atoms. The first-order valence-corrected chi connectivity index (χ1v) is 7.66. The molecule has 0 N–H and O–H groups in total. The van der Waals surface area contributed by atoms with Crippen molar-refractivity contribution in [1.29, 1.82) is 0 Å². The predicted octanol–water partition coefficient (Wildman–Crippen LogP) is 5.86. The normalized spacial score (nSPS) is 20.3. The van der Waals surface area contributed by atoms with Gasteiger partial charge in [-0.15, -0.1) is 0 Å².